The number of rotatable bonds is 7. The van der Waals surface area contributed by atoms with Gasteiger partial charge in [0.1, 0.15) is 11.5 Å². The highest BCUT2D eigenvalue weighted by molar-refractivity contribution is 7.92. The number of sulfonamides is 1. The fraction of sp³-hybridized carbons (Fsp3) is 0.143. The van der Waals surface area contributed by atoms with E-state index < -0.39 is 38.7 Å². The second kappa shape index (κ2) is 7.95. The average molecular weight is 444 g/mol. The van der Waals surface area contributed by atoms with Crippen LogP contribution in [0.3, 0.4) is 0 Å². The van der Waals surface area contributed by atoms with E-state index in [1.165, 1.54) is 6.20 Å². The van der Waals surface area contributed by atoms with Gasteiger partial charge in [0.25, 0.3) is 0 Å². The molecule has 7 nitrogen and oxygen atoms in total. The number of hydrogen-bond donors (Lipinski definition) is 3. The fourth-order valence-corrected chi connectivity index (χ4v) is 4.45. The van der Waals surface area contributed by atoms with Crippen LogP contribution < -0.4 is 4.72 Å². The lowest BCUT2D eigenvalue weighted by Gasteiger charge is -2.11. The number of H-pyrrole nitrogens is 2. The molecule has 31 heavy (non-hydrogen) atoms. The highest BCUT2D eigenvalue weighted by Crippen LogP contribution is 2.29. The number of aromatic amines is 2. The molecule has 0 aliphatic rings. The minimum atomic E-state index is -3.82. The number of pyridine rings is 1. The third-order valence-electron chi connectivity index (χ3n) is 4.76. The summed E-state index contributed by atoms with van der Waals surface area (Å²) in [5.74, 6) is -3.52. The van der Waals surface area contributed by atoms with Gasteiger partial charge in [-0.3, -0.25) is 9.52 Å². The Labute approximate surface area is 176 Å². The zero-order chi connectivity index (χ0) is 22.2. The van der Waals surface area contributed by atoms with Gasteiger partial charge in [-0.15, -0.1) is 0 Å². The first-order chi connectivity index (χ1) is 14.8. The molecule has 4 aromatic rings. The van der Waals surface area contributed by atoms with Gasteiger partial charge < -0.3 is 9.97 Å². The molecule has 1 aromatic carbocycles. The number of hydrogen-bond acceptors (Lipinski definition) is 4. The molecule has 0 bridgehead atoms. The molecule has 0 unspecified atom stereocenters. The second-order valence-electron chi connectivity index (χ2n) is 6.96. The molecule has 0 fully saturated rings. The first-order valence-electron chi connectivity index (χ1n) is 9.44. The van der Waals surface area contributed by atoms with Crippen LogP contribution in [-0.2, 0) is 10.0 Å². The molecule has 0 saturated carbocycles. The average Bonchev–Trinajstić information content (AvgIpc) is 3.39. The highest BCUT2D eigenvalue weighted by Gasteiger charge is 2.26. The Kier molecular flexibility index (Phi) is 5.32. The molecule has 160 valence electrons. The molecule has 0 aliphatic heterocycles. The largest absolute Gasteiger partial charge is 0.367 e. The van der Waals surface area contributed by atoms with E-state index in [-0.39, 0.29) is 11.3 Å². The molecular formula is C21H18F2N4O3S. The van der Waals surface area contributed by atoms with Crippen LogP contribution in [0.15, 0.2) is 49.1 Å². The van der Waals surface area contributed by atoms with E-state index in [0.717, 1.165) is 17.7 Å². The number of fused-ring (bicyclic) bond motifs is 1. The Morgan fingerprint density at radius 3 is 2.68 bits per heavy atom. The van der Waals surface area contributed by atoms with Crippen molar-refractivity contribution in [2.45, 2.75) is 13.3 Å². The van der Waals surface area contributed by atoms with Crippen LogP contribution in [-0.4, -0.2) is 34.9 Å². The Hall–Kier alpha value is -3.53. The van der Waals surface area contributed by atoms with Gasteiger partial charge in [0.15, 0.2) is 5.82 Å². The molecule has 0 aliphatic carbocycles. The maximum Gasteiger partial charge on any atom is 0.232 e. The standard InChI is InChI=1S/C21H18F2N4O3S/c1-2-7-31(29,30)27-17-4-3-16(22)18(19(17)23)20(28)15-11-26-21-14(15)8-13(10-25-21)12-5-6-24-9-12/h3-6,8-11,24,27H,2,7H2,1H3,(H,25,26). The van der Waals surface area contributed by atoms with Crippen molar-refractivity contribution in [2.24, 2.45) is 0 Å². The maximum absolute atomic E-state index is 15.0. The van der Waals surface area contributed by atoms with Gasteiger partial charge in [0.05, 0.1) is 17.0 Å². The van der Waals surface area contributed by atoms with Crippen molar-refractivity contribution in [3.05, 3.63) is 71.8 Å². The number of carbonyl (C=O) groups is 1. The van der Waals surface area contributed by atoms with Crippen molar-refractivity contribution in [2.75, 3.05) is 10.5 Å². The molecule has 3 N–H and O–H groups in total. The van der Waals surface area contributed by atoms with Crippen LogP contribution in [0.1, 0.15) is 29.3 Å². The van der Waals surface area contributed by atoms with Crippen molar-refractivity contribution in [1.82, 2.24) is 15.0 Å². The van der Waals surface area contributed by atoms with E-state index in [2.05, 4.69) is 19.7 Å². The Balaban J connectivity index is 1.79. The van der Waals surface area contributed by atoms with Gasteiger partial charge in [-0.25, -0.2) is 22.2 Å². The lowest BCUT2D eigenvalue weighted by Crippen LogP contribution is -2.18. The normalized spacial score (nSPS) is 11.7. The molecular weight excluding hydrogens is 426 g/mol. The van der Waals surface area contributed by atoms with E-state index in [9.17, 15) is 17.6 Å². The Morgan fingerprint density at radius 2 is 1.97 bits per heavy atom. The van der Waals surface area contributed by atoms with E-state index in [4.69, 9.17) is 0 Å². The third kappa shape index (κ3) is 3.93. The van der Waals surface area contributed by atoms with Crippen LogP contribution >= 0.6 is 0 Å². The van der Waals surface area contributed by atoms with Gasteiger partial charge in [0.2, 0.25) is 15.8 Å². The predicted octanol–water partition coefficient (Wildman–Crippen LogP) is 4.22. The Morgan fingerprint density at radius 1 is 1.16 bits per heavy atom. The smallest absolute Gasteiger partial charge is 0.232 e. The summed E-state index contributed by atoms with van der Waals surface area (Å²) < 4.78 is 55.6. The van der Waals surface area contributed by atoms with Gasteiger partial charge in [-0.05, 0) is 30.7 Å². The number of nitrogens with one attached hydrogen (secondary N) is 3. The third-order valence-corrected chi connectivity index (χ3v) is 6.24. The zero-order valence-electron chi connectivity index (χ0n) is 16.4. The SMILES string of the molecule is CCCS(=O)(=O)Nc1ccc(F)c(C(=O)c2c[nH]c3ncc(-c4cc[nH]c4)cc23)c1F. The van der Waals surface area contributed by atoms with Gasteiger partial charge in [0, 0.05) is 46.9 Å². The monoisotopic (exact) mass is 444 g/mol. The number of anilines is 1. The lowest BCUT2D eigenvalue weighted by molar-refractivity contribution is 0.103. The van der Waals surface area contributed by atoms with E-state index in [1.807, 2.05) is 6.07 Å². The van der Waals surface area contributed by atoms with E-state index in [1.54, 1.807) is 31.6 Å². The summed E-state index contributed by atoms with van der Waals surface area (Å²) in [6, 6.07) is 5.33. The quantitative estimate of drug-likeness (QED) is 0.371. The molecule has 4 rings (SSSR count). The number of halogens is 2. The summed E-state index contributed by atoms with van der Waals surface area (Å²) in [5.41, 5.74) is 0.617. The molecule has 3 aromatic heterocycles. The minimum Gasteiger partial charge on any atom is -0.367 e. The summed E-state index contributed by atoms with van der Waals surface area (Å²) in [6.45, 7) is 1.65. The number of benzene rings is 1. The molecule has 0 radical (unpaired) electrons. The number of carbonyl (C=O) groups excluding carboxylic acids is 1. The summed E-state index contributed by atoms with van der Waals surface area (Å²) >= 11 is 0. The fourth-order valence-electron chi connectivity index (χ4n) is 3.31. The van der Waals surface area contributed by atoms with Gasteiger partial charge in [-0.1, -0.05) is 6.92 Å². The van der Waals surface area contributed by atoms with Crippen LogP contribution in [0.5, 0.6) is 0 Å². The van der Waals surface area contributed by atoms with Crippen molar-refractivity contribution in [3.8, 4) is 11.1 Å². The van der Waals surface area contributed by atoms with Crippen molar-refractivity contribution < 1.29 is 22.0 Å². The summed E-state index contributed by atoms with van der Waals surface area (Å²) in [4.78, 5) is 23.1. The van der Waals surface area contributed by atoms with Crippen LogP contribution in [0.25, 0.3) is 22.2 Å². The van der Waals surface area contributed by atoms with Crippen molar-refractivity contribution >= 4 is 32.5 Å². The van der Waals surface area contributed by atoms with Gasteiger partial charge in [-0.2, -0.15) is 0 Å². The highest BCUT2D eigenvalue weighted by atomic mass is 32.2. The summed E-state index contributed by atoms with van der Waals surface area (Å²) in [6.07, 6.45) is 6.74. The number of ketones is 1. The molecule has 10 heteroatoms. The first-order valence-corrected chi connectivity index (χ1v) is 11.1. The maximum atomic E-state index is 15.0. The minimum absolute atomic E-state index is 0.0197. The Bertz CT molecular complexity index is 1380. The summed E-state index contributed by atoms with van der Waals surface area (Å²) in [7, 11) is -3.82. The van der Waals surface area contributed by atoms with Gasteiger partial charge >= 0.3 is 0 Å². The van der Waals surface area contributed by atoms with Crippen LogP contribution in [0.2, 0.25) is 0 Å². The first kappa shape index (κ1) is 20.7. The van der Waals surface area contributed by atoms with E-state index >= 15 is 4.39 Å². The predicted molar refractivity (Wildman–Crippen MR) is 113 cm³/mol. The van der Waals surface area contributed by atoms with Crippen LogP contribution in [0, 0.1) is 11.6 Å². The zero-order valence-corrected chi connectivity index (χ0v) is 17.2. The topological polar surface area (TPSA) is 108 Å². The molecule has 3 heterocycles. The molecule has 0 saturated heterocycles. The molecule has 0 spiro atoms. The van der Waals surface area contributed by atoms with Crippen molar-refractivity contribution in [3.63, 3.8) is 0 Å². The van der Waals surface area contributed by atoms with E-state index in [0.29, 0.717) is 23.0 Å². The van der Waals surface area contributed by atoms with Crippen LogP contribution in [0.4, 0.5) is 14.5 Å². The molecule has 0 atom stereocenters. The van der Waals surface area contributed by atoms with Crippen molar-refractivity contribution in [1.29, 1.82) is 0 Å². The molecule has 0 amide bonds. The number of nitrogens with zero attached hydrogens (tertiary/aromatic N) is 1. The second-order valence-corrected chi connectivity index (χ2v) is 8.80. The number of aromatic nitrogens is 3. The summed E-state index contributed by atoms with van der Waals surface area (Å²) in [5, 5.41) is 0.388. The lowest BCUT2D eigenvalue weighted by atomic mass is 10.0.